The SMILES string of the molecule is C=CCn1nnnc1NCc1cc(Br)c(OCc2ccccc2C)c(OC)c1. The van der Waals surface area contributed by atoms with E-state index in [-0.39, 0.29) is 0 Å². The number of nitrogens with one attached hydrogen (secondary N) is 1. The van der Waals surface area contributed by atoms with Gasteiger partial charge in [-0.2, -0.15) is 0 Å². The van der Waals surface area contributed by atoms with Crippen molar-refractivity contribution in [2.75, 3.05) is 12.4 Å². The Morgan fingerprint density at radius 2 is 2.11 bits per heavy atom. The van der Waals surface area contributed by atoms with Crippen LogP contribution in [0, 0.1) is 6.92 Å². The van der Waals surface area contributed by atoms with Gasteiger partial charge in [0.05, 0.1) is 18.1 Å². The summed E-state index contributed by atoms with van der Waals surface area (Å²) in [6.07, 6.45) is 1.74. The summed E-state index contributed by atoms with van der Waals surface area (Å²) in [5.41, 5.74) is 3.33. The first-order chi connectivity index (χ1) is 13.6. The van der Waals surface area contributed by atoms with Crippen LogP contribution in [-0.2, 0) is 19.7 Å². The molecule has 0 aliphatic heterocycles. The predicted octanol–water partition coefficient (Wildman–Crippen LogP) is 4.13. The third-order valence-corrected chi connectivity index (χ3v) is 4.80. The zero-order valence-corrected chi connectivity index (χ0v) is 17.4. The summed E-state index contributed by atoms with van der Waals surface area (Å²) in [5.74, 6) is 1.91. The van der Waals surface area contributed by atoms with Crippen LogP contribution in [0.1, 0.15) is 16.7 Å². The zero-order chi connectivity index (χ0) is 19.9. The Hall–Kier alpha value is -2.87. The summed E-state index contributed by atoms with van der Waals surface area (Å²) < 4.78 is 14.0. The molecule has 0 fully saturated rings. The van der Waals surface area contributed by atoms with E-state index in [1.807, 2.05) is 24.3 Å². The number of aryl methyl sites for hydroxylation is 1. The van der Waals surface area contributed by atoms with E-state index in [0.717, 1.165) is 15.6 Å². The first-order valence-electron chi connectivity index (χ1n) is 8.77. The molecule has 3 rings (SSSR count). The standard InChI is InChI=1S/C20H22BrN5O2/c1-4-9-26-20(23-24-25-26)22-12-15-10-17(21)19(18(11-15)27-3)28-13-16-8-6-5-7-14(16)2/h4-8,10-11H,1,9,12-13H2,2-3H3,(H,22,23,25). The molecule has 0 spiro atoms. The minimum absolute atomic E-state index is 0.468. The molecule has 0 aliphatic carbocycles. The second-order valence-corrected chi connectivity index (χ2v) is 7.01. The van der Waals surface area contributed by atoms with Crippen molar-refractivity contribution < 1.29 is 9.47 Å². The van der Waals surface area contributed by atoms with E-state index in [0.29, 0.717) is 37.1 Å². The molecular formula is C20H22BrN5O2. The number of methoxy groups -OCH3 is 1. The number of anilines is 1. The van der Waals surface area contributed by atoms with Crippen LogP contribution < -0.4 is 14.8 Å². The van der Waals surface area contributed by atoms with Gasteiger partial charge in [0.25, 0.3) is 0 Å². The maximum Gasteiger partial charge on any atom is 0.243 e. The average Bonchev–Trinajstić information content (AvgIpc) is 3.13. The van der Waals surface area contributed by atoms with Crippen molar-refractivity contribution in [3.05, 3.63) is 70.2 Å². The lowest BCUT2D eigenvalue weighted by atomic mass is 10.1. The quantitative estimate of drug-likeness (QED) is 0.501. The van der Waals surface area contributed by atoms with Crippen molar-refractivity contribution in [1.82, 2.24) is 20.2 Å². The largest absolute Gasteiger partial charge is 0.493 e. The minimum atomic E-state index is 0.468. The number of rotatable bonds is 9. The van der Waals surface area contributed by atoms with Gasteiger partial charge in [0, 0.05) is 6.54 Å². The molecule has 1 N–H and O–H groups in total. The number of benzene rings is 2. The number of ether oxygens (including phenoxy) is 2. The van der Waals surface area contributed by atoms with Crippen LogP contribution in [-0.4, -0.2) is 27.3 Å². The monoisotopic (exact) mass is 443 g/mol. The number of halogens is 1. The van der Waals surface area contributed by atoms with Crippen LogP contribution in [0.5, 0.6) is 11.5 Å². The highest BCUT2D eigenvalue weighted by molar-refractivity contribution is 9.10. The second kappa shape index (κ2) is 9.36. The Balaban J connectivity index is 1.73. The van der Waals surface area contributed by atoms with Gasteiger partial charge in [-0.15, -0.1) is 6.58 Å². The highest BCUT2D eigenvalue weighted by Crippen LogP contribution is 2.37. The fourth-order valence-corrected chi connectivity index (χ4v) is 3.30. The average molecular weight is 444 g/mol. The zero-order valence-electron chi connectivity index (χ0n) is 15.9. The molecule has 3 aromatic rings. The molecule has 0 radical (unpaired) electrons. The van der Waals surface area contributed by atoms with E-state index in [4.69, 9.17) is 9.47 Å². The maximum absolute atomic E-state index is 6.04. The molecule has 0 bridgehead atoms. The Kier molecular flexibility index (Phi) is 6.65. The molecular weight excluding hydrogens is 422 g/mol. The fraction of sp³-hybridized carbons (Fsp3) is 0.250. The van der Waals surface area contributed by atoms with Crippen molar-refractivity contribution in [3.63, 3.8) is 0 Å². The van der Waals surface area contributed by atoms with Gasteiger partial charge in [-0.3, -0.25) is 0 Å². The summed E-state index contributed by atoms with van der Waals surface area (Å²) in [6, 6.07) is 12.1. The molecule has 146 valence electrons. The molecule has 0 aliphatic rings. The summed E-state index contributed by atoms with van der Waals surface area (Å²) in [7, 11) is 1.63. The van der Waals surface area contributed by atoms with E-state index in [9.17, 15) is 0 Å². The smallest absolute Gasteiger partial charge is 0.243 e. The van der Waals surface area contributed by atoms with Gasteiger partial charge in [0.2, 0.25) is 5.95 Å². The molecule has 0 unspecified atom stereocenters. The highest BCUT2D eigenvalue weighted by atomic mass is 79.9. The van der Waals surface area contributed by atoms with Gasteiger partial charge >= 0.3 is 0 Å². The highest BCUT2D eigenvalue weighted by Gasteiger charge is 2.13. The van der Waals surface area contributed by atoms with Crippen molar-refractivity contribution in [1.29, 1.82) is 0 Å². The van der Waals surface area contributed by atoms with Crippen LogP contribution >= 0.6 is 15.9 Å². The molecule has 8 heteroatoms. The van der Waals surface area contributed by atoms with Gasteiger partial charge in [0.1, 0.15) is 6.61 Å². The normalized spacial score (nSPS) is 10.5. The molecule has 0 atom stereocenters. The Bertz CT molecular complexity index is 958. The Morgan fingerprint density at radius 1 is 1.29 bits per heavy atom. The number of tetrazole rings is 1. The summed E-state index contributed by atoms with van der Waals surface area (Å²) in [4.78, 5) is 0. The van der Waals surface area contributed by atoms with Crippen molar-refractivity contribution >= 4 is 21.9 Å². The fourth-order valence-electron chi connectivity index (χ4n) is 2.69. The number of hydrogen-bond acceptors (Lipinski definition) is 6. The molecule has 1 aromatic heterocycles. The Labute approximate surface area is 172 Å². The van der Waals surface area contributed by atoms with Gasteiger partial charge in [-0.05, 0) is 62.1 Å². The number of hydrogen-bond donors (Lipinski definition) is 1. The summed E-state index contributed by atoms with van der Waals surface area (Å²) in [5, 5.41) is 14.8. The van der Waals surface area contributed by atoms with Crippen LogP contribution in [0.3, 0.4) is 0 Å². The van der Waals surface area contributed by atoms with Crippen molar-refractivity contribution in [3.8, 4) is 11.5 Å². The molecule has 7 nitrogen and oxygen atoms in total. The number of allylic oxidation sites excluding steroid dienone is 1. The van der Waals surface area contributed by atoms with E-state index in [1.165, 1.54) is 5.56 Å². The van der Waals surface area contributed by atoms with Crippen LogP contribution in [0.4, 0.5) is 5.95 Å². The lowest BCUT2D eigenvalue weighted by Gasteiger charge is -2.15. The van der Waals surface area contributed by atoms with Crippen molar-refractivity contribution in [2.45, 2.75) is 26.6 Å². The lowest BCUT2D eigenvalue weighted by Crippen LogP contribution is -2.08. The molecule has 0 saturated carbocycles. The molecule has 2 aromatic carbocycles. The molecule has 0 saturated heterocycles. The number of aromatic nitrogens is 4. The molecule has 0 amide bonds. The van der Waals surface area contributed by atoms with Crippen LogP contribution in [0.15, 0.2) is 53.5 Å². The maximum atomic E-state index is 6.04. The first kappa shape index (κ1) is 19.9. The number of nitrogens with zero attached hydrogens (tertiary/aromatic N) is 4. The Morgan fingerprint density at radius 3 is 2.86 bits per heavy atom. The third-order valence-electron chi connectivity index (χ3n) is 4.21. The van der Waals surface area contributed by atoms with Gasteiger partial charge < -0.3 is 14.8 Å². The van der Waals surface area contributed by atoms with Crippen molar-refractivity contribution in [2.24, 2.45) is 0 Å². The summed E-state index contributed by atoms with van der Waals surface area (Å²) in [6.45, 7) is 7.31. The van der Waals surface area contributed by atoms with Crippen LogP contribution in [0.2, 0.25) is 0 Å². The van der Waals surface area contributed by atoms with E-state index in [2.05, 4.69) is 62.4 Å². The third kappa shape index (κ3) is 4.69. The predicted molar refractivity (Wildman–Crippen MR) is 112 cm³/mol. The topological polar surface area (TPSA) is 74.1 Å². The van der Waals surface area contributed by atoms with E-state index < -0.39 is 0 Å². The van der Waals surface area contributed by atoms with Gasteiger partial charge in [0.15, 0.2) is 11.5 Å². The van der Waals surface area contributed by atoms with Crippen LogP contribution in [0.25, 0.3) is 0 Å². The lowest BCUT2D eigenvalue weighted by molar-refractivity contribution is 0.282. The first-order valence-corrected chi connectivity index (χ1v) is 9.56. The minimum Gasteiger partial charge on any atom is -0.493 e. The summed E-state index contributed by atoms with van der Waals surface area (Å²) >= 11 is 3.60. The molecule has 1 heterocycles. The van der Waals surface area contributed by atoms with Gasteiger partial charge in [-0.1, -0.05) is 35.4 Å². The second-order valence-electron chi connectivity index (χ2n) is 6.15. The van der Waals surface area contributed by atoms with Gasteiger partial charge in [-0.25, -0.2) is 4.68 Å². The molecule has 28 heavy (non-hydrogen) atoms. The van der Waals surface area contributed by atoms with E-state index in [1.54, 1.807) is 17.9 Å². The van der Waals surface area contributed by atoms with E-state index >= 15 is 0 Å².